The Hall–Kier alpha value is -1.31. The van der Waals surface area contributed by atoms with Crippen LogP contribution in [-0.2, 0) is 5.41 Å². The van der Waals surface area contributed by atoms with Gasteiger partial charge in [-0.1, -0.05) is 20.8 Å². The van der Waals surface area contributed by atoms with Crippen molar-refractivity contribution in [2.45, 2.75) is 26.2 Å². The fourth-order valence-corrected chi connectivity index (χ4v) is 1.45. The molecule has 0 bridgehead atoms. The summed E-state index contributed by atoms with van der Waals surface area (Å²) in [6, 6.07) is 1.89. The molecule has 0 saturated heterocycles. The van der Waals surface area contributed by atoms with Crippen LogP contribution in [0.15, 0.2) is 29.1 Å². The number of hydrogen-bond acceptors (Lipinski definition) is 2. The van der Waals surface area contributed by atoms with Crippen molar-refractivity contribution in [3.63, 3.8) is 0 Å². The van der Waals surface area contributed by atoms with Gasteiger partial charge in [-0.25, -0.2) is 0 Å². The lowest BCUT2D eigenvalue weighted by molar-refractivity contribution is 0.557. The molecule has 0 aliphatic carbocycles. The highest BCUT2D eigenvalue weighted by Gasteiger charge is 2.19. The van der Waals surface area contributed by atoms with Gasteiger partial charge in [0.05, 0.1) is 6.26 Å². The second-order valence-electron chi connectivity index (χ2n) is 4.27. The maximum atomic E-state index is 5.44. The Morgan fingerprint density at radius 3 is 2.77 bits per heavy atom. The van der Waals surface area contributed by atoms with E-state index in [-0.39, 0.29) is 5.41 Å². The van der Waals surface area contributed by atoms with E-state index in [1.54, 1.807) is 6.20 Å². The van der Waals surface area contributed by atoms with Gasteiger partial charge >= 0.3 is 0 Å². The Morgan fingerprint density at radius 2 is 2.08 bits per heavy atom. The lowest BCUT2D eigenvalue weighted by Gasteiger charge is -2.15. The highest BCUT2D eigenvalue weighted by molar-refractivity contribution is 5.80. The number of pyridine rings is 1. The first-order valence-corrected chi connectivity index (χ1v) is 4.41. The topological polar surface area (TPSA) is 26.0 Å². The minimum atomic E-state index is 0.119. The van der Waals surface area contributed by atoms with Crippen molar-refractivity contribution in [2.75, 3.05) is 0 Å². The second kappa shape index (κ2) is 2.59. The average Bonchev–Trinajstić information content (AvgIpc) is 2.45. The maximum Gasteiger partial charge on any atom is 0.137 e. The van der Waals surface area contributed by atoms with E-state index in [9.17, 15) is 0 Å². The van der Waals surface area contributed by atoms with Crippen LogP contribution in [0, 0.1) is 0 Å². The first kappa shape index (κ1) is 8.30. The van der Waals surface area contributed by atoms with Crippen molar-refractivity contribution in [2.24, 2.45) is 0 Å². The van der Waals surface area contributed by atoms with Crippen molar-refractivity contribution in [1.29, 1.82) is 0 Å². The van der Waals surface area contributed by atoms with Gasteiger partial charge in [-0.05, 0) is 11.5 Å². The summed E-state index contributed by atoms with van der Waals surface area (Å²) in [5.74, 6) is 0. The maximum absolute atomic E-state index is 5.44. The third-order valence-corrected chi connectivity index (χ3v) is 2.18. The summed E-state index contributed by atoms with van der Waals surface area (Å²) in [5, 5.41) is 1.12. The number of aromatic nitrogens is 1. The summed E-state index contributed by atoms with van der Waals surface area (Å²) in [7, 11) is 0. The Kier molecular flexibility index (Phi) is 1.65. The lowest BCUT2D eigenvalue weighted by atomic mass is 9.87. The Labute approximate surface area is 77.6 Å². The fourth-order valence-electron chi connectivity index (χ4n) is 1.45. The molecular weight excluding hydrogens is 162 g/mol. The van der Waals surface area contributed by atoms with Crippen molar-refractivity contribution >= 4 is 11.0 Å². The molecule has 68 valence electrons. The largest absolute Gasteiger partial charge is 0.464 e. The van der Waals surface area contributed by atoms with Crippen LogP contribution in [0.2, 0.25) is 0 Å². The zero-order valence-electron chi connectivity index (χ0n) is 8.16. The highest BCUT2D eigenvalue weighted by atomic mass is 16.3. The fraction of sp³-hybridized carbons (Fsp3) is 0.364. The highest BCUT2D eigenvalue weighted by Crippen LogP contribution is 2.30. The summed E-state index contributed by atoms with van der Waals surface area (Å²) in [4.78, 5) is 4.10. The lowest BCUT2D eigenvalue weighted by Crippen LogP contribution is -2.09. The normalized spacial score (nSPS) is 12.2. The van der Waals surface area contributed by atoms with Gasteiger partial charge in [-0.15, -0.1) is 0 Å². The standard InChI is InChI=1S/C11H13NO/c1-11(2,3)9-7-13-10-4-5-12-6-8(9)10/h4-7H,1-3H3. The van der Waals surface area contributed by atoms with E-state index in [0.717, 1.165) is 11.0 Å². The van der Waals surface area contributed by atoms with Crippen LogP contribution in [0.25, 0.3) is 11.0 Å². The molecule has 0 aromatic carbocycles. The summed E-state index contributed by atoms with van der Waals surface area (Å²) < 4.78 is 5.44. The Morgan fingerprint density at radius 1 is 1.31 bits per heavy atom. The third-order valence-electron chi connectivity index (χ3n) is 2.18. The molecule has 0 N–H and O–H groups in total. The van der Waals surface area contributed by atoms with Crippen molar-refractivity contribution in [3.05, 3.63) is 30.3 Å². The van der Waals surface area contributed by atoms with Crippen LogP contribution in [0.1, 0.15) is 26.3 Å². The number of furan rings is 1. The molecule has 0 spiro atoms. The number of fused-ring (bicyclic) bond motifs is 1. The molecular formula is C11H13NO. The van der Waals surface area contributed by atoms with Crippen LogP contribution in [0.3, 0.4) is 0 Å². The first-order valence-electron chi connectivity index (χ1n) is 4.41. The predicted octanol–water partition coefficient (Wildman–Crippen LogP) is 3.13. The molecule has 0 amide bonds. The summed E-state index contributed by atoms with van der Waals surface area (Å²) >= 11 is 0. The minimum absolute atomic E-state index is 0.119. The molecule has 2 heteroatoms. The molecule has 0 aliphatic heterocycles. The smallest absolute Gasteiger partial charge is 0.137 e. The SMILES string of the molecule is CC(C)(C)c1coc2ccncc12. The van der Waals surface area contributed by atoms with E-state index < -0.39 is 0 Å². The van der Waals surface area contributed by atoms with Gasteiger partial charge < -0.3 is 4.42 Å². The molecule has 2 rings (SSSR count). The van der Waals surface area contributed by atoms with Crippen molar-refractivity contribution < 1.29 is 4.42 Å². The predicted molar refractivity (Wildman–Crippen MR) is 52.7 cm³/mol. The molecule has 13 heavy (non-hydrogen) atoms. The van der Waals surface area contributed by atoms with Gasteiger partial charge in [0.15, 0.2) is 0 Å². The molecule has 0 fully saturated rings. The third kappa shape index (κ3) is 1.32. The Balaban J connectivity index is 2.72. The molecule has 0 aliphatic rings. The van der Waals surface area contributed by atoms with Crippen LogP contribution < -0.4 is 0 Å². The zero-order valence-corrected chi connectivity index (χ0v) is 8.16. The van der Waals surface area contributed by atoms with E-state index in [2.05, 4.69) is 25.8 Å². The van der Waals surface area contributed by atoms with Crippen LogP contribution in [-0.4, -0.2) is 4.98 Å². The summed E-state index contributed by atoms with van der Waals surface area (Å²) in [6.07, 6.45) is 5.43. The van der Waals surface area contributed by atoms with E-state index in [1.165, 1.54) is 5.56 Å². The van der Waals surface area contributed by atoms with Gasteiger partial charge in [0.2, 0.25) is 0 Å². The quantitative estimate of drug-likeness (QED) is 0.614. The second-order valence-corrected chi connectivity index (χ2v) is 4.27. The van der Waals surface area contributed by atoms with Gasteiger partial charge in [-0.2, -0.15) is 0 Å². The monoisotopic (exact) mass is 175 g/mol. The van der Waals surface area contributed by atoms with E-state index >= 15 is 0 Å². The molecule has 2 nitrogen and oxygen atoms in total. The van der Waals surface area contributed by atoms with Crippen molar-refractivity contribution in [3.8, 4) is 0 Å². The summed E-state index contributed by atoms with van der Waals surface area (Å²) in [6.45, 7) is 6.51. The molecule has 2 aromatic heterocycles. The van der Waals surface area contributed by atoms with Gasteiger partial charge in [-0.3, -0.25) is 4.98 Å². The zero-order chi connectivity index (χ0) is 9.47. The van der Waals surface area contributed by atoms with Crippen LogP contribution in [0.5, 0.6) is 0 Å². The molecule has 0 radical (unpaired) electrons. The van der Waals surface area contributed by atoms with E-state index in [4.69, 9.17) is 4.42 Å². The number of rotatable bonds is 0. The Bertz CT molecular complexity index is 423. The number of hydrogen-bond donors (Lipinski definition) is 0. The molecule has 0 atom stereocenters. The minimum Gasteiger partial charge on any atom is -0.464 e. The molecule has 0 unspecified atom stereocenters. The van der Waals surface area contributed by atoms with E-state index in [0.29, 0.717) is 0 Å². The first-order chi connectivity index (χ1) is 6.09. The van der Waals surface area contributed by atoms with Crippen molar-refractivity contribution in [1.82, 2.24) is 4.98 Å². The number of nitrogens with zero attached hydrogens (tertiary/aromatic N) is 1. The van der Waals surface area contributed by atoms with Gasteiger partial charge in [0, 0.05) is 23.3 Å². The molecule has 2 heterocycles. The van der Waals surface area contributed by atoms with E-state index in [1.807, 2.05) is 18.5 Å². The summed E-state index contributed by atoms with van der Waals surface area (Å²) in [5.41, 5.74) is 2.25. The van der Waals surface area contributed by atoms with Gasteiger partial charge in [0.1, 0.15) is 5.58 Å². The average molecular weight is 175 g/mol. The molecule has 0 saturated carbocycles. The molecule has 2 aromatic rings. The van der Waals surface area contributed by atoms with Crippen LogP contribution in [0.4, 0.5) is 0 Å². The van der Waals surface area contributed by atoms with Gasteiger partial charge in [0.25, 0.3) is 0 Å². The van der Waals surface area contributed by atoms with Crippen LogP contribution >= 0.6 is 0 Å².